The van der Waals surface area contributed by atoms with Crippen molar-refractivity contribution in [1.82, 2.24) is 4.72 Å². The van der Waals surface area contributed by atoms with E-state index < -0.39 is 15.8 Å². The highest BCUT2D eigenvalue weighted by atomic mass is 32.2. The van der Waals surface area contributed by atoms with Crippen LogP contribution in [0.15, 0.2) is 28.7 Å². The fraction of sp³-hybridized carbons (Fsp3) is 0.333. The molecule has 0 aliphatic rings. The normalized spacial score (nSPS) is 11.3. The molecule has 0 saturated heterocycles. The average Bonchev–Trinajstić information content (AvgIpc) is 2.22. The Balaban J connectivity index is 3.09. The number of halogens is 1. The molecule has 1 aromatic rings. The van der Waals surface area contributed by atoms with E-state index in [1.54, 1.807) is 6.08 Å². The second-order valence-electron chi connectivity index (χ2n) is 4.26. The van der Waals surface area contributed by atoms with Crippen molar-refractivity contribution in [3.05, 3.63) is 35.2 Å². The maximum absolute atomic E-state index is 13.4. The average molecular weight is 272 g/mol. The lowest BCUT2D eigenvalue weighted by atomic mass is 10.2. The summed E-state index contributed by atoms with van der Waals surface area (Å²) in [4.78, 5) is -0.123. The first-order chi connectivity index (χ1) is 8.24. The Kier molecular flexibility index (Phi) is 4.48. The van der Waals surface area contributed by atoms with Crippen LogP contribution in [0.25, 0.3) is 0 Å². The fourth-order valence-electron chi connectivity index (χ4n) is 1.39. The zero-order valence-corrected chi connectivity index (χ0v) is 11.4. The highest BCUT2D eigenvalue weighted by molar-refractivity contribution is 7.89. The molecular formula is C12H17FN2O2S. The smallest absolute Gasteiger partial charge is 0.241 e. The van der Waals surface area contributed by atoms with Crippen molar-refractivity contribution in [2.24, 2.45) is 0 Å². The topological polar surface area (TPSA) is 72.2 Å². The van der Waals surface area contributed by atoms with Crippen LogP contribution < -0.4 is 10.5 Å². The lowest BCUT2D eigenvalue weighted by Crippen LogP contribution is -2.25. The number of hydrogen-bond donors (Lipinski definition) is 2. The lowest BCUT2D eigenvalue weighted by Gasteiger charge is -2.10. The van der Waals surface area contributed by atoms with Gasteiger partial charge in [-0.1, -0.05) is 11.6 Å². The van der Waals surface area contributed by atoms with Crippen LogP contribution in [0, 0.1) is 12.7 Å². The van der Waals surface area contributed by atoms with Crippen molar-refractivity contribution in [2.45, 2.75) is 25.7 Å². The van der Waals surface area contributed by atoms with E-state index in [0.29, 0.717) is 0 Å². The molecule has 0 saturated carbocycles. The predicted molar refractivity (Wildman–Crippen MR) is 70.2 cm³/mol. The first-order valence-corrected chi connectivity index (χ1v) is 6.91. The minimum atomic E-state index is -3.75. The van der Waals surface area contributed by atoms with Crippen LogP contribution in [0.5, 0.6) is 0 Å². The van der Waals surface area contributed by atoms with Gasteiger partial charge in [0.15, 0.2) is 0 Å². The Labute approximate surface area is 107 Å². The second kappa shape index (κ2) is 5.49. The molecule has 0 amide bonds. The van der Waals surface area contributed by atoms with E-state index in [-0.39, 0.29) is 22.7 Å². The molecule has 0 atom stereocenters. The van der Waals surface area contributed by atoms with Gasteiger partial charge in [0.25, 0.3) is 0 Å². The molecule has 1 aromatic carbocycles. The zero-order valence-electron chi connectivity index (χ0n) is 10.6. The van der Waals surface area contributed by atoms with Crippen molar-refractivity contribution in [3.8, 4) is 0 Å². The molecule has 0 heterocycles. The molecule has 100 valence electrons. The Morgan fingerprint density at radius 2 is 2.06 bits per heavy atom. The van der Waals surface area contributed by atoms with Crippen LogP contribution in [0.4, 0.5) is 10.1 Å². The van der Waals surface area contributed by atoms with Crippen molar-refractivity contribution < 1.29 is 12.8 Å². The summed E-state index contributed by atoms with van der Waals surface area (Å²) in [6, 6.07) is 2.35. The highest BCUT2D eigenvalue weighted by Gasteiger charge is 2.18. The molecule has 3 N–H and O–H groups in total. The van der Waals surface area contributed by atoms with Gasteiger partial charge in [-0.3, -0.25) is 0 Å². The Morgan fingerprint density at radius 3 is 2.61 bits per heavy atom. The van der Waals surface area contributed by atoms with Crippen molar-refractivity contribution in [1.29, 1.82) is 0 Å². The van der Waals surface area contributed by atoms with Gasteiger partial charge in [0.05, 0.1) is 4.90 Å². The Morgan fingerprint density at radius 1 is 1.44 bits per heavy atom. The minimum absolute atomic E-state index is 0.0638. The van der Waals surface area contributed by atoms with Gasteiger partial charge in [-0.2, -0.15) is 0 Å². The van der Waals surface area contributed by atoms with Crippen LogP contribution in [0.1, 0.15) is 19.4 Å². The number of nitrogens with two attached hydrogens (primary N) is 1. The number of sulfonamides is 1. The van der Waals surface area contributed by atoms with Crippen LogP contribution in [-0.4, -0.2) is 15.0 Å². The molecule has 6 heteroatoms. The molecule has 0 bridgehead atoms. The highest BCUT2D eigenvalue weighted by Crippen LogP contribution is 2.21. The summed E-state index contributed by atoms with van der Waals surface area (Å²) >= 11 is 0. The van der Waals surface area contributed by atoms with Crippen molar-refractivity contribution in [3.63, 3.8) is 0 Å². The molecule has 0 unspecified atom stereocenters. The van der Waals surface area contributed by atoms with Crippen LogP contribution >= 0.6 is 0 Å². The summed E-state index contributed by atoms with van der Waals surface area (Å²) in [6.07, 6.45) is 1.73. The first kappa shape index (κ1) is 14.7. The number of benzene rings is 1. The van der Waals surface area contributed by atoms with E-state index >= 15 is 0 Å². The van der Waals surface area contributed by atoms with Gasteiger partial charge in [-0.15, -0.1) is 0 Å². The van der Waals surface area contributed by atoms with Gasteiger partial charge in [0.1, 0.15) is 5.82 Å². The Bertz CT molecular complexity index is 576. The van der Waals surface area contributed by atoms with Crippen LogP contribution in [0.3, 0.4) is 0 Å². The SMILES string of the molecule is CC(C)=CCNS(=O)(=O)c1cc(N)cc(F)c1C. The van der Waals surface area contributed by atoms with E-state index in [0.717, 1.165) is 11.6 Å². The van der Waals surface area contributed by atoms with Gasteiger partial charge in [0.2, 0.25) is 10.0 Å². The Hall–Kier alpha value is -1.40. The molecule has 0 fully saturated rings. The summed E-state index contributed by atoms with van der Waals surface area (Å²) in [5, 5.41) is 0. The number of allylic oxidation sites excluding steroid dienone is 1. The lowest BCUT2D eigenvalue weighted by molar-refractivity contribution is 0.578. The largest absolute Gasteiger partial charge is 0.399 e. The third kappa shape index (κ3) is 3.54. The number of anilines is 1. The number of nitrogens with one attached hydrogen (secondary N) is 1. The molecule has 0 aliphatic carbocycles. The van der Waals surface area contributed by atoms with Gasteiger partial charge in [-0.05, 0) is 32.9 Å². The predicted octanol–water partition coefficient (Wildman–Crippen LogP) is 1.96. The third-order valence-corrected chi connectivity index (χ3v) is 3.94. The summed E-state index contributed by atoms with van der Waals surface area (Å²) in [7, 11) is -3.75. The van der Waals surface area contributed by atoms with E-state index in [4.69, 9.17) is 5.73 Å². The molecule has 18 heavy (non-hydrogen) atoms. The summed E-state index contributed by atoms with van der Waals surface area (Å²) < 4.78 is 39.8. The van der Waals surface area contributed by atoms with Crippen molar-refractivity contribution in [2.75, 3.05) is 12.3 Å². The first-order valence-electron chi connectivity index (χ1n) is 5.42. The molecular weight excluding hydrogens is 255 g/mol. The van der Waals surface area contributed by atoms with Crippen LogP contribution in [0.2, 0.25) is 0 Å². The monoisotopic (exact) mass is 272 g/mol. The fourth-order valence-corrected chi connectivity index (χ4v) is 2.64. The summed E-state index contributed by atoms with van der Waals surface area (Å²) in [6.45, 7) is 5.30. The third-order valence-electron chi connectivity index (χ3n) is 2.39. The standard InChI is InChI=1S/C12H17FN2O2S/c1-8(2)4-5-15-18(16,17)12-7-10(14)6-11(13)9(12)3/h4,6-7,15H,5,14H2,1-3H3. The number of rotatable bonds is 4. The van der Waals surface area contributed by atoms with Crippen LogP contribution in [-0.2, 0) is 10.0 Å². The van der Waals surface area contributed by atoms with E-state index in [1.807, 2.05) is 13.8 Å². The summed E-state index contributed by atoms with van der Waals surface area (Å²) in [5.74, 6) is -0.627. The van der Waals surface area contributed by atoms with Gasteiger partial charge in [-0.25, -0.2) is 17.5 Å². The van der Waals surface area contributed by atoms with Gasteiger partial charge < -0.3 is 5.73 Å². The summed E-state index contributed by atoms with van der Waals surface area (Å²) in [5.41, 5.74) is 6.60. The quantitative estimate of drug-likeness (QED) is 0.650. The molecule has 4 nitrogen and oxygen atoms in total. The molecule has 0 radical (unpaired) electrons. The minimum Gasteiger partial charge on any atom is -0.399 e. The number of nitrogen functional groups attached to an aromatic ring is 1. The maximum Gasteiger partial charge on any atom is 0.241 e. The van der Waals surface area contributed by atoms with Crippen molar-refractivity contribution >= 4 is 15.7 Å². The van der Waals surface area contributed by atoms with E-state index in [2.05, 4.69) is 4.72 Å². The molecule has 1 rings (SSSR count). The van der Waals surface area contributed by atoms with Gasteiger partial charge >= 0.3 is 0 Å². The molecule has 0 aromatic heterocycles. The molecule has 0 aliphatic heterocycles. The van der Waals surface area contributed by atoms with E-state index in [1.165, 1.54) is 13.0 Å². The maximum atomic E-state index is 13.4. The zero-order chi connectivity index (χ0) is 13.9. The second-order valence-corrected chi connectivity index (χ2v) is 5.99. The molecule has 0 spiro atoms. The number of hydrogen-bond acceptors (Lipinski definition) is 3. The van der Waals surface area contributed by atoms with E-state index in [9.17, 15) is 12.8 Å². The van der Waals surface area contributed by atoms with Gasteiger partial charge in [0, 0.05) is 17.8 Å².